The summed E-state index contributed by atoms with van der Waals surface area (Å²) in [6.07, 6.45) is -1.96. The molecule has 0 radical (unpaired) electrons. The summed E-state index contributed by atoms with van der Waals surface area (Å²) in [6.45, 7) is 2.75. The Hall–Kier alpha value is -3.14. The fraction of sp³-hybridized carbons (Fsp3) is 0.440. The molecule has 0 saturated carbocycles. The summed E-state index contributed by atoms with van der Waals surface area (Å²) >= 11 is 0. The fourth-order valence-corrected chi connectivity index (χ4v) is 4.79. The first-order valence-corrected chi connectivity index (χ1v) is 11.7. The predicted octanol–water partition coefficient (Wildman–Crippen LogP) is 3.43. The quantitative estimate of drug-likeness (QED) is 0.607. The molecule has 2 aliphatic rings. The van der Waals surface area contributed by atoms with E-state index in [4.69, 9.17) is 0 Å². The van der Waals surface area contributed by atoms with Crippen LogP contribution in [0.25, 0.3) is 0 Å². The second-order valence-corrected chi connectivity index (χ2v) is 8.98. The van der Waals surface area contributed by atoms with E-state index in [9.17, 15) is 27.2 Å². The summed E-state index contributed by atoms with van der Waals surface area (Å²) in [7, 11) is 0. The van der Waals surface area contributed by atoms with E-state index < -0.39 is 17.6 Å². The van der Waals surface area contributed by atoms with Gasteiger partial charge in [-0.1, -0.05) is 18.2 Å². The second-order valence-electron chi connectivity index (χ2n) is 8.98. The number of nitrogens with zero attached hydrogens (tertiary/aromatic N) is 2. The molecule has 2 amide bonds. The van der Waals surface area contributed by atoms with Gasteiger partial charge in [0.05, 0.1) is 17.8 Å². The second kappa shape index (κ2) is 10.6. The maximum Gasteiger partial charge on any atom is 0.416 e. The highest BCUT2D eigenvalue weighted by molar-refractivity contribution is 5.96. The predicted molar refractivity (Wildman–Crippen MR) is 124 cm³/mol. The topological polar surface area (TPSA) is 64.7 Å². The number of alkyl halides is 3. The van der Waals surface area contributed by atoms with Gasteiger partial charge in [0.2, 0.25) is 5.91 Å². The van der Waals surface area contributed by atoms with Crippen molar-refractivity contribution in [3.8, 4) is 0 Å². The summed E-state index contributed by atoms with van der Waals surface area (Å²) in [5, 5.41) is 5.28. The third-order valence-electron chi connectivity index (χ3n) is 6.62. The standard InChI is InChI=1S/C25H28F4N4O2/c26-21-6-1-2-7-22(21)32-12-9-20(10-13-32)33-11-8-19(16-33)31-23(34)15-30-24(35)17-4-3-5-18(14-17)25(27,28)29/h1-7,14,19-20H,8-13,15-16H2,(H,30,35)(H,31,34)/t19-/m1/s1. The fourth-order valence-electron chi connectivity index (χ4n) is 4.79. The minimum absolute atomic E-state index is 0.0578. The number of amides is 2. The van der Waals surface area contributed by atoms with Gasteiger partial charge in [0, 0.05) is 43.8 Å². The van der Waals surface area contributed by atoms with Gasteiger partial charge in [-0.25, -0.2) is 4.39 Å². The zero-order chi connectivity index (χ0) is 25.0. The molecule has 2 aromatic carbocycles. The molecule has 0 spiro atoms. The van der Waals surface area contributed by atoms with E-state index in [1.807, 2.05) is 6.07 Å². The Labute approximate surface area is 201 Å². The highest BCUT2D eigenvalue weighted by Crippen LogP contribution is 2.29. The Kier molecular flexibility index (Phi) is 7.59. The van der Waals surface area contributed by atoms with Crippen LogP contribution in [0.3, 0.4) is 0 Å². The SMILES string of the molecule is O=C(CNC(=O)c1cccc(C(F)(F)F)c1)N[C@@H]1CCN(C2CCN(c3ccccc3F)CC2)C1. The highest BCUT2D eigenvalue weighted by Gasteiger charge is 2.32. The van der Waals surface area contributed by atoms with Crippen LogP contribution < -0.4 is 15.5 Å². The lowest BCUT2D eigenvalue weighted by atomic mass is 10.0. The number of halogens is 4. The van der Waals surface area contributed by atoms with Gasteiger partial charge < -0.3 is 15.5 Å². The number of piperidine rings is 1. The van der Waals surface area contributed by atoms with Gasteiger partial charge in [-0.15, -0.1) is 0 Å². The lowest BCUT2D eigenvalue weighted by Crippen LogP contribution is -2.47. The zero-order valence-corrected chi connectivity index (χ0v) is 19.2. The molecule has 10 heteroatoms. The summed E-state index contributed by atoms with van der Waals surface area (Å²) in [5.41, 5.74) is -0.438. The van der Waals surface area contributed by atoms with Crippen LogP contribution in [0.15, 0.2) is 48.5 Å². The number of likely N-dealkylation sites (tertiary alicyclic amines) is 1. The Balaban J connectivity index is 1.20. The molecule has 0 unspecified atom stereocenters. The number of para-hydroxylation sites is 1. The molecule has 6 nitrogen and oxygen atoms in total. The maximum atomic E-state index is 14.1. The minimum Gasteiger partial charge on any atom is -0.369 e. The van der Waals surface area contributed by atoms with Gasteiger partial charge in [-0.05, 0) is 49.6 Å². The van der Waals surface area contributed by atoms with E-state index in [1.165, 1.54) is 12.1 Å². The average Bonchev–Trinajstić information content (AvgIpc) is 3.31. The molecule has 188 valence electrons. The molecule has 2 heterocycles. The van der Waals surface area contributed by atoms with E-state index in [2.05, 4.69) is 20.4 Å². The molecular weight excluding hydrogens is 464 g/mol. The number of carbonyl (C=O) groups excluding carboxylic acids is 2. The van der Waals surface area contributed by atoms with Crippen molar-refractivity contribution >= 4 is 17.5 Å². The van der Waals surface area contributed by atoms with Crippen LogP contribution in [0, 0.1) is 5.82 Å². The van der Waals surface area contributed by atoms with E-state index in [0.29, 0.717) is 18.3 Å². The maximum absolute atomic E-state index is 14.1. The summed E-state index contributed by atoms with van der Waals surface area (Å²) < 4.78 is 52.6. The van der Waals surface area contributed by atoms with Crippen molar-refractivity contribution < 1.29 is 27.2 Å². The Bertz CT molecular complexity index is 1050. The van der Waals surface area contributed by atoms with Crippen molar-refractivity contribution in [3.63, 3.8) is 0 Å². The van der Waals surface area contributed by atoms with Crippen LogP contribution in [0.2, 0.25) is 0 Å². The van der Waals surface area contributed by atoms with E-state index in [-0.39, 0.29) is 29.9 Å². The number of carbonyl (C=O) groups is 2. The largest absolute Gasteiger partial charge is 0.416 e. The molecule has 0 aliphatic carbocycles. The Morgan fingerprint density at radius 1 is 0.971 bits per heavy atom. The number of nitrogens with one attached hydrogen (secondary N) is 2. The lowest BCUT2D eigenvalue weighted by molar-refractivity contribution is -0.137. The van der Waals surface area contributed by atoms with Gasteiger partial charge in [0.15, 0.2) is 0 Å². The van der Waals surface area contributed by atoms with E-state index in [1.54, 1.807) is 12.1 Å². The highest BCUT2D eigenvalue weighted by atomic mass is 19.4. The molecule has 2 aliphatic heterocycles. The van der Waals surface area contributed by atoms with E-state index in [0.717, 1.165) is 57.1 Å². The average molecular weight is 493 g/mol. The third-order valence-corrected chi connectivity index (χ3v) is 6.62. The lowest BCUT2D eigenvalue weighted by Gasteiger charge is -2.38. The molecular formula is C25H28F4N4O2. The van der Waals surface area contributed by atoms with Gasteiger partial charge in [-0.3, -0.25) is 14.5 Å². The first-order valence-electron chi connectivity index (χ1n) is 11.7. The number of anilines is 1. The number of benzene rings is 2. The smallest absolute Gasteiger partial charge is 0.369 e. The van der Waals surface area contributed by atoms with E-state index >= 15 is 0 Å². The minimum atomic E-state index is -4.55. The molecule has 0 bridgehead atoms. The number of rotatable bonds is 6. The molecule has 2 aromatic rings. The summed E-state index contributed by atoms with van der Waals surface area (Å²) in [4.78, 5) is 28.9. The third kappa shape index (κ3) is 6.30. The normalized spacial score (nSPS) is 19.5. The van der Waals surface area contributed by atoms with Gasteiger partial charge in [-0.2, -0.15) is 13.2 Å². The molecule has 0 aromatic heterocycles. The number of hydrogen-bond donors (Lipinski definition) is 2. The van der Waals surface area contributed by atoms with Crippen LogP contribution in [0.1, 0.15) is 35.2 Å². The van der Waals surface area contributed by atoms with Crippen molar-refractivity contribution in [2.24, 2.45) is 0 Å². The molecule has 2 N–H and O–H groups in total. The summed E-state index contributed by atoms with van der Waals surface area (Å²) in [5.74, 6) is -1.33. The Morgan fingerprint density at radius 2 is 1.71 bits per heavy atom. The van der Waals surface area contributed by atoms with Gasteiger partial charge >= 0.3 is 6.18 Å². The summed E-state index contributed by atoms with van der Waals surface area (Å²) in [6, 6.07) is 11.2. The first kappa shape index (κ1) is 25.0. The monoisotopic (exact) mass is 492 g/mol. The molecule has 2 saturated heterocycles. The van der Waals surface area contributed by atoms with Gasteiger partial charge in [0.25, 0.3) is 5.91 Å². The van der Waals surface area contributed by atoms with Crippen molar-refractivity contribution in [3.05, 3.63) is 65.5 Å². The van der Waals surface area contributed by atoms with Crippen LogP contribution in [-0.2, 0) is 11.0 Å². The molecule has 2 fully saturated rings. The number of hydrogen-bond acceptors (Lipinski definition) is 4. The Morgan fingerprint density at radius 3 is 2.43 bits per heavy atom. The van der Waals surface area contributed by atoms with Crippen LogP contribution in [0.5, 0.6) is 0 Å². The molecule has 1 atom stereocenters. The van der Waals surface area contributed by atoms with Crippen LogP contribution in [-0.4, -0.2) is 61.5 Å². The van der Waals surface area contributed by atoms with Crippen molar-refractivity contribution in [2.45, 2.75) is 37.5 Å². The first-order chi connectivity index (χ1) is 16.7. The molecule has 35 heavy (non-hydrogen) atoms. The van der Waals surface area contributed by atoms with Crippen molar-refractivity contribution in [1.82, 2.24) is 15.5 Å². The van der Waals surface area contributed by atoms with Crippen LogP contribution in [0.4, 0.5) is 23.2 Å². The molecule has 4 rings (SSSR count). The zero-order valence-electron chi connectivity index (χ0n) is 19.2. The van der Waals surface area contributed by atoms with Gasteiger partial charge in [0.1, 0.15) is 5.82 Å². The van der Waals surface area contributed by atoms with Crippen molar-refractivity contribution in [1.29, 1.82) is 0 Å². The van der Waals surface area contributed by atoms with Crippen molar-refractivity contribution in [2.75, 3.05) is 37.6 Å². The van der Waals surface area contributed by atoms with Crippen LogP contribution >= 0.6 is 0 Å².